The van der Waals surface area contributed by atoms with Crippen molar-refractivity contribution in [2.45, 2.75) is 12.8 Å². The van der Waals surface area contributed by atoms with Crippen molar-refractivity contribution in [3.63, 3.8) is 0 Å². The third kappa shape index (κ3) is 3.17. The van der Waals surface area contributed by atoms with E-state index < -0.39 is 0 Å². The Morgan fingerprint density at radius 3 is 2.71 bits per heavy atom. The van der Waals surface area contributed by atoms with Gasteiger partial charge in [-0.25, -0.2) is 4.68 Å². The Morgan fingerprint density at radius 1 is 1.24 bits per heavy atom. The highest BCUT2D eigenvalue weighted by Gasteiger charge is 2.04. The maximum Gasteiger partial charge on any atom is 0.0649 e. The maximum atomic E-state index is 4.38. The molecule has 0 fully saturated rings. The molecule has 0 unspecified atom stereocenters. The highest BCUT2D eigenvalue weighted by molar-refractivity contribution is 9.10. The van der Waals surface area contributed by atoms with E-state index in [9.17, 15) is 0 Å². The van der Waals surface area contributed by atoms with Gasteiger partial charge in [-0.05, 0) is 56.8 Å². The average Bonchev–Trinajstić information content (AvgIpc) is 2.79. The first kappa shape index (κ1) is 12.3. The van der Waals surface area contributed by atoms with Gasteiger partial charge in [-0.1, -0.05) is 15.9 Å². The summed E-state index contributed by atoms with van der Waals surface area (Å²) in [6.07, 6.45) is 4.02. The Bertz CT molecular complexity index is 462. The minimum atomic E-state index is 1.03. The predicted octanol–water partition coefficient (Wildman–Crippen LogP) is 2.79. The molecule has 0 aliphatic carbocycles. The second-order valence-corrected chi connectivity index (χ2v) is 4.83. The van der Waals surface area contributed by atoms with Crippen LogP contribution in [0.1, 0.15) is 12.1 Å². The number of nitrogens with zero attached hydrogens (tertiary/aromatic N) is 2. The first-order chi connectivity index (χ1) is 8.31. The molecule has 1 aromatic carbocycles. The lowest BCUT2D eigenvalue weighted by atomic mass is 10.2. The zero-order valence-electron chi connectivity index (χ0n) is 9.86. The van der Waals surface area contributed by atoms with E-state index in [1.54, 1.807) is 0 Å². The summed E-state index contributed by atoms with van der Waals surface area (Å²) in [6.45, 7) is 1.03. The lowest BCUT2D eigenvalue weighted by Gasteiger charge is -2.07. The molecule has 4 heteroatoms. The number of hydrogen-bond acceptors (Lipinski definition) is 2. The van der Waals surface area contributed by atoms with E-state index in [2.05, 4.69) is 44.5 Å². The van der Waals surface area contributed by atoms with Crippen molar-refractivity contribution < 1.29 is 0 Å². The Labute approximate surface area is 110 Å². The molecule has 0 saturated heterocycles. The van der Waals surface area contributed by atoms with Crippen LogP contribution in [0.3, 0.4) is 0 Å². The molecular weight excluding hydrogens is 278 g/mol. The largest absolute Gasteiger partial charge is 0.320 e. The first-order valence-corrected chi connectivity index (χ1v) is 6.54. The smallest absolute Gasteiger partial charge is 0.0649 e. The fraction of sp³-hybridized carbons (Fsp3) is 0.308. The van der Waals surface area contributed by atoms with Crippen molar-refractivity contribution in [3.05, 3.63) is 46.7 Å². The summed E-state index contributed by atoms with van der Waals surface area (Å²) in [5, 5.41) is 7.54. The number of aromatic nitrogens is 2. The average molecular weight is 294 g/mol. The lowest BCUT2D eigenvalue weighted by Crippen LogP contribution is -2.10. The summed E-state index contributed by atoms with van der Waals surface area (Å²) in [5.74, 6) is 0. The van der Waals surface area contributed by atoms with Gasteiger partial charge in [0.05, 0.1) is 5.69 Å². The summed E-state index contributed by atoms with van der Waals surface area (Å²) >= 11 is 3.44. The van der Waals surface area contributed by atoms with Crippen LogP contribution in [0.5, 0.6) is 0 Å². The van der Waals surface area contributed by atoms with Crippen LogP contribution in [0.25, 0.3) is 5.69 Å². The maximum absolute atomic E-state index is 4.38. The molecule has 0 saturated carbocycles. The van der Waals surface area contributed by atoms with Crippen molar-refractivity contribution >= 4 is 15.9 Å². The van der Waals surface area contributed by atoms with Gasteiger partial charge >= 0.3 is 0 Å². The van der Waals surface area contributed by atoms with Crippen LogP contribution in [0, 0.1) is 0 Å². The molecule has 0 amide bonds. The molecule has 1 aromatic heterocycles. The molecule has 2 rings (SSSR count). The molecule has 1 N–H and O–H groups in total. The molecule has 0 aliphatic rings. The first-order valence-electron chi connectivity index (χ1n) is 5.74. The molecule has 2 aromatic rings. The number of aryl methyl sites for hydroxylation is 1. The van der Waals surface area contributed by atoms with Crippen LogP contribution >= 0.6 is 15.9 Å². The van der Waals surface area contributed by atoms with E-state index in [-0.39, 0.29) is 0 Å². The van der Waals surface area contributed by atoms with Gasteiger partial charge in [0, 0.05) is 16.4 Å². The Balaban J connectivity index is 2.15. The van der Waals surface area contributed by atoms with E-state index >= 15 is 0 Å². The number of halogens is 1. The predicted molar refractivity (Wildman–Crippen MR) is 73.5 cm³/mol. The fourth-order valence-electron chi connectivity index (χ4n) is 1.78. The van der Waals surface area contributed by atoms with Crippen LogP contribution in [0.4, 0.5) is 0 Å². The third-order valence-corrected chi connectivity index (χ3v) is 3.18. The molecule has 0 atom stereocenters. The van der Waals surface area contributed by atoms with Gasteiger partial charge in [-0.3, -0.25) is 0 Å². The van der Waals surface area contributed by atoms with E-state index in [4.69, 9.17) is 0 Å². The molecule has 17 heavy (non-hydrogen) atoms. The molecule has 1 heterocycles. The van der Waals surface area contributed by atoms with E-state index in [0.717, 1.165) is 29.5 Å². The third-order valence-electron chi connectivity index (χ3n) is 2.65. The Morgan fingerprint density at radius 2 is 2.00 bits per heavy atom. The van der Waals surface area contributed by atoms with E-state index in [0.29, 0.717) is 0 Å². The monoisotopic (exact) mass is 293 g/mol. The standard InChI is InChI=1S/C13H16BrN3/c1-15-9-2-3-12-8-10-16-17(12)13-6-4-11(14)5-7-13/h4-8,10,15H,2-3,9H2,1H3. The van der Waals surface area contributed by atoms with Crippen LogP contribution in [0.2, 0.25) is 0 Å². The lowest BCUT2D eigenvalue weighted by molar-refractivity contribution is 0.692. The minimum Gasteiger partial charge on any atom is -0.320 e. The van der Waals surface area contributed by atoms with Gasteiger partial charge in [0.15, 0.2) is 0 Å². The summed E-state index contributed by atoms with van der Waals surface area (Å²) in [5.41, 5.74) is 2.36. The quantitative estimate of drug-likeness (QED) is 0.859. The highest BCUT2D eigenvalue weighted by atomic mass is 79.9. The Hall–Kier alpha value is -1.13. The molecule has 3 nitrogen and oxygen atoms in total. The van der Waals surface area contributed by atoms with Crippen molar-refractivity contribution in [1.82, 2.24) is 15.1 Å². The van der Waals surface area contributed by atoms with Gasteiger partial charge in [0.2, 0.25) is 0 Å². The fourth-order valence-corrected chi connectivity index (χ4v) is 2.05. The summed E-state index contributed by atoms with van der Waals surface area (Å²) in [4.78, 5) is 0. The number of benzene rings is 1. The van der Waals surface area contributed by atoms with Gasteiger partial charge in [0.1, 0.15) is 0 Å². The molecule has 0 radical (unpaired) electrons. The summed E-state index contributed by atoms with van der Waals surface area (Å²) in [7, 11) is 1.98. The number of hydrogen-bond donors (Lipinski definition) is 1. The van der Waals surface area contributed by atoms with Crippen molar-refractivity contribution in [3.8, 4) is 5.69 Å². The van der Waals surface area contributed by atoms with Crippen molar-refractivity contribution in [1.29, 1.82) is 0 Å². The second kappa shape index (κ2) is 5.98. The highest BCUT2D eigenvalue weighted by Crippen LogP contribution is 2.15. The summed E-state index contributed by atoms with van der Waals surface area (Å²) < 4.78 is 3.09. The van der Waals surface area contributed by atoms with E-state index in [1.807, 2.05) is 30.1 Å². The van der Waals surface area contributed by atoms with Crippen molar-refractivity contribution in [2.24, 2.45) is 0 Å². The summed E-state index contributed by atoms with van der Waals surface area (Å²) in [6, 6.07) is 10.3. The number of rotatable bonds is 5. The van der Waals surface area contributed by atoms with Crippen LogP contribution in [0.15, 0.2) is 41.0 Å². The second-order valence-electron chi connectivity index (χ2n) is 3.92. The molecule has 0 bridgehead atoms. The van der Waals surface area contributed by atoms with Gasteiger partial charge in [0.25, 0.3) is 0 Å². The minimum absolute atomic E-state index is 1.03. The van der Waals surface area contributed by atoms with Gasteiger partial charge < -0.3 is 5.32 Å². The van der Waals surface area contributed by atoms with Gasteiger partial charge in [-0.15, -0.1) is 0 Å². The van der Waals surface area contributed by atoms with Crippen LogP contribution < -0.4 is 5.32 Å². The molecule has 90 valence electrons. The zero-order valence-corrected chi connectivity index (χ0v) is 11.4. The number of nitrogens with one attached hydrogen (secondary N) is 1. The Kier molecular flexibility index (Phi) is 4.34. The van der Waals surface area contributed by atoms with Gasteiger partial charge in [-0.2, -0.15) is 5.10 Å². The van der Waals surface area contributed by atoms with Crippen LogP contribution in [-0.4, -0.2) is 23.4 Å². The molecular formula is C13H16BrN3. The van der Waals surface area contributed by atoms with Crippen molar-refractivity contribution in [2.75, 3.05) is 13.6 Å². The molecule has 0 spiro atoms. The van der Waals surface area contributed by atoms with E-state index in [1.165, 1.54) is 5.69 Å². The topological polar surface area (TPSA) is 29.9 Å². The zero-order chi connectivity index (χ0) is 12.1. The SMILES string of the molecule is CNCCCc1ccnn1-c1ccc(Br)cc1. The normalized spacial score (nSPS) is 10.7. The molecule has 0 aliphatic heterocycles. The van der Waals surface area contributed by atoms with Crippen LogP contribution in [-0.2, 0) is 6.42 Å².